The Morgan fingerprint density at radius 1 is 1.59 bits per heavy atom. The predicted molar refractivity (Wildman–Crippen MR) is 65.7 cm³/mol. The third-order valence-electron chi connectivity index (χ3n) is 3.81. The van der Waals surface area contributed by atoms with Crippen molar-refractivity contribution in [3.63, 3.8) is 0 Å². The lowest BCUT2D eigenvalue weighted by molar-refractivity contribution is 0.0902. The van der Waals surface area contributed by atoms with Crippen LogP contribution >= 0.6 is 0 Å². The Morgan fingerprint density at radius 3 is 2.71 bits per heavy atom. The molecule has 0 bridgehead atoms. The van der Waals surface area contributed by atoms with Crippen LogP contribution < -0.4 is 11.1 Å². The van der Waals surface area contributed by atoms with Crippen molar-refractivity contribution < 1.29 is 4.79 Å². The van der Waals surface area contributed by atoms with Gasteiger partial charge in [0.25, 0.3) is 5.91 Å². The van der Waals surface area contributed by atoms with Crippen LogP contribution in [0.4, 0.5) is 0 Å². The van der Waals surface area contributed by atoms with E-state index < -0.39 is 0 Å². The molecule has 0 aromatic carbocycles. The van der Waals surface area contributed by atoms with Gasteiger partial charge < -0.3 is 11.1 Å². The second kappa shape index (κ2) is 4.49. The third-order valence-corrected chi connectivity index (χ3v) is 3.81. The maximum atomic E-state index is 12.2. The Kier molecular flexibility index (Phi) is 3.19. The first-order valence-electron chi connectivity index (χ1n) is 6.09. The van der Waals surface area contributed by atoms with Crippen molar-refractivity contribution in [3.05, 3.63) is 17.5 Å². The molecule has 17 heavy (non-hydrogen) atoms. The van der Waals surface area contributed by atoms with Crippen molar-refractivity contribution in [1.82, 2.24) is 15.1 Å². The highest BCUT2D eigenvalue weighted by atomic mass is 16.1. The van der Waals surface area contributed by atoms with Crippen molar-refractivity contribution >= 4 is 5.91 Å². The molecule has 1 fully saturated rings. The third kappa shape index (κ3) is 2.20. The van der Waals surface area contributed by atoms with Gasteiger partial charge >= 0.3 is 0 Å². The Hall–Kier alpha value is -1.36. The summed E-state index contributed by atoms with van der Waals surface area (Å²) in [5.74, 6) is -0.0528. The van der Waals surface area contributed by atoms with Gasteiger partial charge in [0, 0.05) is 19.3 Å². The summed E-state index contributed by atoms with van der Waals surface area (Å²) in [6, 6.07) is 0. The van der Waals surface area contributed by atoms with E-state index in [1.807, 2.05) is 14.0 Å². The zero-order valence-corrected chi connectivity index (χ0v) is 10.5. The molecule has 3 N–H and O–H groups in total. The number of hydrogen-bond donors (Lipinski definition) is 2. The van der Waals surface area contributed by atoms with E-state index >= 15 is 0 Å². The number of nitrogens with two attached hydrogens (primary N) is 1. The van der Waals surface area contributed by atoms with Gasteiger partial charge in [-0.05, 0) is 19.8 Å². The van der Waals surface area contributed by atoms with Gasteiger partial charge in [-0.3, -0.25) is 9.48 Å². The second-order valence-corrected chi connectivity index (χ2v) is 4.91. The monoisotopic (exact) mass is 236 g/mol. The number of aromatic nitrogens is 2. The quantitative estimate of drug-likeness (QED) is 0.812. The van der Waals surface area contributed by atoms with Crippen molar-refractivity contribution in [3.8, 4) is 0 Å². The standard InChI is InChI=1S/C12H20N4O/c1-9-10(7-14-16(9)2)11(17)15-12(8-13)5-3-4-6-12/h7H,3-6,8,13H2,1-2H3,(H,15,17). The van der Waals surface area contributed by atoms with Crippen LogP contribution in [0.15, 0.2) is 6.20 Å². The van der Waals surface area contributed by atoms with E-state index in [0.29, 0.717) is 12.1 Å². The van der Waals surface area contributed by atoms with Crippen LogP contribution in [0.3, 0.4) is 0 Å². The van der Waals surface area contributed by atoms with Crippen molar-refractivity contribution in [2.24, 2.45) is 12.8 Å². The van der Waals surface area contributed by atoms with Gasteiger partial charge in [-0.15, -0.1) is 0 Å². The molecule has 1 aliphatic rings. The molecular formula is C12H20N4O. The fraction of sp³-hybridized carbons (Fsp3) is 0.667. The normalized spacial score (nSPS) is 18.3. The fourth-order valence-corrected chi connectivity index (χ4v) is 2.46. The van der Waals surface area contributed by atoms with Gasteiger partial charge in [-0.1, -0.05) is 12.8 Å². The van der Waals surface area contributed by atoms with Crippen LogP contribution in [-0.2, 0) is 7.05 Å². The SMILES string of the molecule is Cc1c(C(=O)NC2(CN)CCCC2)cnn1C. The van der Waals surface area contributed by atoms with E-state index in [0.717, 1.165) is 31.4 Å². The molecule has 1 aromatic rings. The van der Waals surface area contributed by atoms with Crippen LogP contribution in [-0.4, -0.2) is 27.8 Å². The molecule has 1 aliphatic carbocycles. The molecule has 1 saturated carbocycles. The highest BCUT2D eigenvalue weighted by Crippen LogP contribution is 2.29. The molecule has 5 heteroatoms. The van der Waals surface area contributed by atoms with Gasteiger partial charge in [0.1, 0.15) is 0 Å². The van der Waals surface area contributed by atoms with E-state index in [-0.39, 0.29) is 11.4 Å². The lowest BCUT2D eigenvalue weighted by Gasteiger charge is -2.28. The molecule has 2 rings (SSSR count). The van der Waals surface area contributed by atoms with E-state index in [1.165, 1.54) is 0 Å². The first-order chi connectivity index (χ1) is 8.08. The topological polar surface area (TPSA) is 72.9 Å². The summed E-state index contributed by atoms with van der Waals surface area (Å²) in [4.78, 5) is 12.2. The molecule has 5 nitrogen and oxygen atoms in total. The molecule has 0 aliphatic heterocycles. The van der Waals surface area contributed by atoms with Gasteiger partial charge in [0.2, 0.25) is 0 Å². The molecule has 0 radical (unpaired) electrons. The summed E-state index contributed by atoms with van der Waals surface area (Å²) in [5.41, 5.74) is 7.14. The summed E-state index contributed by atoms with van der Waals surface area (Å²) in [5, 5.41) is 7.18. The van der Waals surface area contributed by atoms with Crippen LogP contribution in [0.5, 0.6) is 0 Å². The zero-order chi connectivity index (χ0) is 12.5. The Bertz CT molecular complexity index is 418. The lowest BCUT2D eigenvalue weighted by atomic mass is 9.97. The molecule has 0 unspecified atom stereocenters. The maximum absolute atomic E-state index is 12.2. The zero-order valence-electron chi connectivity index (χ0n) is 10.5. The number of rotatable bonds is 3. The molecule has 1 heterocycles. The summed E-state index contributed by atoms with van der Waals surface area (Å²) in [6.07, 6.45) is 5.86. The summed E-state index contributed by atoms with van der Waals surface area (Å²) < 4.78 is 1.71. The number of nitrogens with one attached hydrogen (secondary N) is 1. The molecule has 0 atom stereocenters. The smallest absolute Gasteiger partial charge is 0.255 e. The predicted octanol–water partition coefficient (Wildman–Crippen LogP) is 0.730. The number of aryl methyl sites for hydroxylation is 1. The number of amides is 1. The van der Waals surface area contributed by atoms with E-state index in [4.69, 9.17) is 5.73 Å². The highest BCUT2D eigenvalue weighted by molar-refractivity contribution is 5.95. The summed E-state index contributed by atoms with van der Waals surface area (Å²) >= 11 is 0. The van der Waals surface area contributed by atoms with E-state index in [2.05, 4.69) is 10.4 Å². The van der Waals surface area contributed by atoms with Crippen LogP contribution in [0, 0.1) is 6.92 Å². The number of hydrogen-bond acceptors (Lipinski definition) is 3. The lowest BCUT2D eigenvalue weighted by Crippen LogP contribution is -2.51. The Morgan fingerprint density at radius 2 is 2.24 bits per heavy atom. The van der Waals surface area contributed by atoms with E-state index in [9.17, 15) is 4.79 Å². The average molecular weight is 236 g/mol. The Balaban J connectivity index is 2.13. The molecule has 0 spiro atoms. The second-order valence-electron chi connectivity index (χ2n) is 4.91. The minimum Gasteiger partial charge on any atom is -0.345 e. The van der Waals surface area contributed by atoms with Crippen molar-refractivity contribution in [1.29, 1.82) is 0 Å². The average Bonchev–Trinajstić information content (AvgIpc) is 2.89. The molecule has 0 saturated heterocycles. The van der Waals surface area contributed by atoms with E-state index in [1.54, 1.807) is 10.9 Å². The first-order valence-corrected chi connectivity index (χ1v) is 6.09. The van der Waals surface area contributed by atoms with Crippen molar-refractivity contribution in [2.75, 3.05) is 6.54 Å². The molecular weight excluding hydrogens is 216 g/mol. The minimum atomic E-state index is -0.195. The molecule has 94 valence electrons. The van der Waals surface area contributed by atoms with Crippen LogP contribution in [0.2, 0.25) is 0 Å². The van der Waals surface area contributed by atoms with Gasteiger partial charge in [-0.2, -0.15) is 5.10 Å². The number of nitrogens with zero attached hydrogens (tertiary/aromatic N) is 2. The Labute approximate surface area is 101 Å². The maximum Gasteiger partial charge on any atom is 0.255 e. The van der Waals surface area contributed by atoms with Gasteiger partial charge in [-0.25, -0.2) is 0 Å². The van der Waals surface area contributed by atoms with Gasteiger partial charge in [0.15, 0.2) is 0 Å². The van der Waals surface area contributed by atoms with Gasteiger partial charge in [0.05, 0.1) is 17.3 Å². The summed E-state index contributed by atoms with van der Waals surface area (Å²) in [6.45, 7) is 2.41. The fourth-order valence-electron chi connectivity index (χ4n) is 2.46. The molecule has 1 aromatic heterocycles. The largest absolute Gasteiger partial charge is 0.345 e. The van der Waals surface area contributed by atoms with Crippen LogP contribution in [0.1, 0.15) is 41.7 Å². The highest BCUT2D eigenvalue weighted by Gasteiger charge is 2.34. The number of carbonyl (C=O) groups excluding carboxylic acids is 1. The molecule has 1 amide bonds. The summed E-state index contributed by atoms with van der Waals surface area (Å²) in [7, 11) is 1.83. The van der Waals surface area contributed by atoms with Crippen LogP contribution in [0.25, 0.3) is 0 Å². The number of carbonyl (C=O) groups is 1. The van der Waals surface area contributed by atoms with Crippen molar-refractivity contribution in [2.45, 2.75) is 38.1 Å². The first kappa shape index (κ1) is 12.1. The minimum absolute atomic E-state index is 0.0528.